The molecule has 0 atom stereocenters. The lowest BCUT2D eigenvalue weighted by molar-refractivity contribution is -0.167. The zero-order valence-electron chi connectivity index (χ0n) is 7.75. The van der Waals surface area contributed by atoms with Crippen LogP contribution in [0.25, 0.3) is 0 Å². The Kier molecular flexibility index (Phi) is 6.09. The second-order valence-electron chi connectivity index (χ2n) is 3.25. The molecule has 1 saturated carbocycles. The van der Waals surface area contributed by atoms with Crippen LogP contribution in [0.3, 0.4) is 0 Å². The van der Waals surface area contributed by atoms with Crippen LogP contribution in [0.15, 0.2) is 0 Å². The van der Waals surface area contributed by atoms with Crippen molar-refractivity contribution in [3.05, 3.63) is 0 Å². The Bertz CT molecular complexity index is 190. The van der Waals surface area contributed by atoms with E-state index in [9.17, 15) is 9.59 Å². The molecule has 0 heterocycles. The molecule has 1 rings (SSSR count). The quantitative estimate of drug-likeness (QED) is 0.588. The van der Waals surface area contributed by atoms with Gasteiger partial charge in [0.25, 0.3) is 0 Å². The molecule has 0 unspecified atom stereocenters. The Morgan fingerprint density at radius 3 is 1.43 bits per heavy atom. The first kappa shape index (κ1) is 15.3. The fourth-order valence-corrected chi connectivity index (χ4v) is 1.67. The molecule has 0 aromatic heterocycles. The highest BCUT2D eigenvalue weighted by atomic mass is 16.4. The zero-order valence-corrected chi connectivity index (χ0v) is 7.75. The van der Waals surface area contributed by atoms with E-state index in [-0.39, 0.29) is 23.8 Å². The number of hydrogen-bond acceptors (Lipinski definition) is 2. The van der Waals surface area contributed by atoms with Crippen molar-refractivity contribution in [2.24, 2.45) is 5.41 Å². The van der Waals surface area contributed by atoms with Gasteiger partial charge in [-0.25, -0.2) is 0 Å². The summed E-state index contributed by atoms with van der Waals surface area (Å²) >= 11 is 0. The van der Waals surface area contributed by atoms with Crippen molar-refractivity contribution < 1.29 is 30.8 Å². The number of aliphatic carboxylic acids is 2. The molecule has 84 valence electrons. The van der Waals surface area contributed by atoms with Crippen LogP contribution in [0.5, 0.6) is 0 Å². The van der Waals surface area contributed by atoms with E-state index >= 15 is 0 Å². The molecule has 0 aromatic carbocycles. The van der Waals surface area contributed by atoms with Gasteiger partial charge >= 0.3 is 11.9 Å². The average Bonchev–Trinajstić information content (AvgIpc) is 2.05. The molecule has 0 amide bonds. The van der Waals surface area contributed by atoms with Gasteiger partial charge in [-0.1, -0.05) is 19.3 Å². The van der Waals surface area contributed by atoms with E-state index in [1.54, 1.807) is 0 Å². The van der Waals surface area contributed by atoms with Crippen molar-refractivity contribution in [1.82, 2.24) is 0 Å². The van der Waals surface area contributed by atoms with Crippen LogP contribution in [-0.2, 0) is 9.59 Å². The molecule has 0 bridgehead atoms. The molecule has 6 nitrogen and oxygen atoms in total. The summed E-state index contributed by atoms with van der Waals surface area (Å²) in [6, 6.07) is 0. The standard InChI is InChI=1S/C8H12O4.2H2O/c9-6(10)8(7(11)12)4-2-1-3-5-8;;/h1-5H2,(H,9,10)(H,11,12);2*1H2. The van der Waals surface area contributed by atoms with E-state index in [1.807, 2.05) is 0 Å². The number of rotatable bonds is 2. The predicted molar refractivity (Wildman–Crippen MR) is 48.0 cm³/mol. The van der Waals surface area contributed by atoms with Crippen molar-refractivity contribution in [2.45, 2.75) is 32.1 Å². The Labute approximate surface area is 81.2 Å². The molecule has 1 fully saturated rings. The lowest BCUT2D eigenvalue weighted by Gasteiger charge is -2.28. The lowest BCUT2D eigenvalue weighted by atomic mass is 9.74. The summed E-state index contributed by atoms with van der Waals surface area (Å²) in [4.78, 5) is 21.5. The summed E-state index contributed by atoms with van der Waals surface area (Å²) in [6.07, 6.45) is 2.91. The number of hydrogen-bond donors (Lipinski definition) is 2. The molecule has 0 spiro atoms. The maximum absolute atomic E-state index is 10.7. The molecule has 0 radical (unpaired) electrons. The lowest BCUT2D eigenvalue weighted by Crippen LogP contribution is -2.40. The van der Waals surface area contributed by atoms with E-state index in [0.29, 0.717) is 12.8 Å². The van der Waals surface area contributed by atoms with E-state index < -0.39 is 17.4 Å². The Morgan fingerprint density at radius 1 is 0.857 bits per heavy atom. The SMILES string of the molecule is O.O.O=C(O)C1(C(=O)O)CCCCC1. The van der Waals surface area contributed by atoms with E-state index in [0.717, 1.165) is 6.42 Å². The monoisotopic (exact) mass is 208 g/mol. The highest BCUT2D eigenvalue weighted by molar-refractivity contribution is 5.98. The summed E-state index contributed by atoms with van der Waals surface area (Å²) < 4.78 is 0. The third kappa shape index (κ3) is 2.43. The van der Waals surface area contributed by atoms with Gasteiger partial charge in [0.15, 0.2) is 5.41 Å². The molecular weight excluding hydrogens is 192 g/mol. The summed E-state index contributed by atoms with van der Waals surface area (Å²) in [5.74, 6) is -2.37. The second kappa shape index (κ2) is 5.56. The maximum atomic E-state index is 10.7. The first-order valence-corrected chi connectivity index (χ1v) is 4.06. The van der Waals surface area contributed by atoms with Crippen LogP contribution in [0, 0.1) is 5.41 Å². The summed E-state index contributed by atoms with van der Waals surface area (Å²) in [5, 5.41) is 17.6. The maximum Gasteiger partial charge on any atom is 0.321 e. The van der Waals surface area contributed by atoms with Gasteiger partial charge in [0.05, 0.1) is 0 Å². The fourth-order valence-electron chi connectivity index (χ4n) is 1.67. The average molecular weight is 208 g/mol. The minimum atomic E-state index is -1.49. The molecule has 1 aliphatic carbocycles. The molecule has 0 saturated heterocycles. The minimum Gasteiger partial charge on any atom is -0.480 e. The van der Waals surface area contributed by atoms with Gasteiger partial charge in [0, 0.05) is 0 Å². The summed E-state index contributed by atoms with van der Waals surface area (Å²) in [7, 11) is 0. The second-order valence-corrected chi connectivity index (χ2v) is 3.25. The van der Waals surface area contributed by atoms with Crippen LogP contribution in [0.1, 0.15) is 32.1 Å². The number of carboxylic acids is 2. The minimum absolute atomic E-state index is 0. The van der Waals surface area contributed by atoms with Crippen molar-refractivity contribution in [2.75, 3.05) is 0 Å². The van der Waals surface area contributed by atoms with Crippen LogP contribution in [-0.4, -0.2) is 33.1 Å². The molecule has 14 heavy (non-hydrogen) atoms. The Morgan fingerprint density at radius 2 is 1.21 bits per heavy atom. The summed E-state index contributed by atoms with van der Waals surface area (Å²) in [6.45, 7) is 0. The smallest absolute Gasteiger partial charge is 0.321 e. The normalized spacial score (nSPS) is 18.6. The van der Waals surface area contributed by atoms with Gasteiger partial charge < -0.3 is 21.2 Å². The molecule has 0 aromatic rings. The number of carbonyl (C=O) groups is 2. The van der Waals surface area contributed by atoms with Gasteiger partial charge in [-0.05, 0) is 12.8 Å². The largest absolute Gasteiger partial charge is 0.480 e. The summed E-state index contributed by atoms with van der Waals surface area (Å²) in [5.41, 5.74) is -1.49. The van der Waals surface area contributed by atoms with Gasteiger partial charge in [0.2, 0.25) is 0 Å². The van der Waals surface area contributed by atoms with Crippen molar-refractivity contribution in [3.8, 4) is 0 Å². The highest BCUT2D eigenvalue weighted by Gasteiger charge is 2.46. The topological polar surface area (TPSA) is 138 Å². The van der Waals surface area contributed by atoms with Gasteiger partial charge in [-0.15, -0.1) is 0 Å². The highest BCUT2D eigenvalue weighted by Crippen LogP contribution is 2.36. The zero-order chi connectivity index (χ0) is 9.19. The molecule has 6 N–H and O–H groups in total. The molecule has 1 aliphatic rings. The van der Waals surface area contributed by atoms with Crippen molar-refractivity contribution >= 4 is 11.9 Å². The third-order valence-electron chi connectivity index (χ3n) is 2.53. The van der Waals surface area contributed by atoms with Gasteiger partial charge in [-0.3, -0.25) is 9.59 Å². The first-order valence-electron chi connectivity index (χ1n) is 4.06. The van der Waals surface area contributed by atoms with Crippen LogP contribution >= 0.6 is 0 Å². The van der Waals surface area contributed by atoms with Gasteiger partial charge in [0.1, 0.15) is 0 Å². The van der Waals surface area contributed by atoms with Crippen molar-refractivity contribution in [1.29, 1.82) is 0 Å². The molecular formula is C8H16O6. The van der Waals surface area contributed by atoms with Crippen LogP contribution < -0.4 is 0 Å². The van der Waals surface area contributed by atoms with E-state index in [4.69, 9.17) is 10.2 Å². The van der Waals surface area contributed by atoms with Crippen LogP contribution in [0.2, 0.25) is 0 Å². The number of carboxylic acid groups (broad SMARTS) is 2. The third-order valence-corrected chi connectivity index (χ3v) is 2.53. The van der Waals surface area contributed by atoms with Crippen molar-refractivity contribution in [3.63, 3.8) is 0 Å². The van der Waals surface area contributed by atoms with Crippen LogP contribution in [0.4, 0.5) is 0 Å². The van der Waals surface area contributed by atoms with Gasteiger partial charge in [-0.2, -0.15) is 0 Å². The van der Waals surface area contributed by atoms with E-state index in [2.05, 4.69) is 0 Å². The predicted octanol–water partition coefficient (Wildman–Crippen LogP) is -0.543. The molecule has 6 heteroatoms. The Balaban J connectivity index is 0. The fraction of sp³-hybridized carbons (Fsp3) is 0.750. The Hall–Kier alpha value is -1.14. The first-order chi connectivity index (χ1) is 5.59. The molecule has 0 aliphatic heterocycles. The van der Waals surface area contributed by atoms with E-state index in [1.165, 1.54) is 0 Å².